The fraction of sp³-hybridized carbons (Fsp3) is 0.0556. The molecule has 0 radical (unpaired) electrons. The maximum atomic E-state index is 6.04. The van der Waals surface area contributed by atoms with E-state index in [4.69, 9.17) is 23.2 Å². The summed E-state index contributed by atoms with van der Waals surface area (Å²) in [6, 6.07) is 15.8. The van der Waals surface area contributed by atoms with Crippen LogP contribution in [0.1, 0.15) is 16.8 Å². The SMILES string of the molecule is Cc1cc(/C=C/c2ccc(Cl)c(Cl)c2)c2ccccc2n1. The van der Waals surface area contributed by atoms with Crippen molar-refractivity contribution in [3.8, 4) is 0 Å². The molecular weight excluding hydrogens is 301 g/mol. The van der Waals surface area contributed by atoms with Gasteiger partial charge in [-0.2, -0.15) is 0 Å². The van der Waals surface area contributed by atoms with Gasteiger partial charge >= 0.3 is 0 Å². The highest BCUT2D eigenvalue weighted by molar-refractivity contribution is 6.42. The third kappa shape index (κ3) is 3.10. The van der Waals surface area contributed by atoms with E-state index < -0.39 is 0 Å². The van der Waals surface area contributed by atoms with Crippen LogP contribution in [0.15, 0.2) is 48.5 Å². The molecule has 3 aromatic rings. The van der Waals surface area contributed by atoms with Crippen LogP contribution in [0.2, 0.25) is 10.0 Å². The smallest absolute Gasteiger partial charge is 0.0711 e. The zero-order chi connectivity index (χ0) is 14.8. The van der Waals surface area contributed by atoms with Crippen LogP contribution >= 0.6 is 23.2 Å². The second kappa shape index (κ2) is 5.88. The molecule has 1 nitrogen and oxygen atoms in total. The van der Waals surface area contributed by atoms with E-state index in [-0.39, 0.29) is 0 Å². The van der Waals surface area contributed by atoms with E-state index in [0.29, 0.717) is 10.0 Å². The van der Waals surface area contributed by atoms with Crippen LogP contribution in [0.4, 0.5) is 0 Å². The highest BCUT2D eigenvalue weighted by Gasteiger charge is 2.01. The van der Waals surface area contributed by atoms with Gasteiger partial charge in [0, 0.05) is 11.1 Å². The second-order valence-electron chi connectivity index (χ2n) is 4.88. The summed E-state index contributed by atoms with van der Waals surface area (Å²) in [6.45, 7) is 2.00. The lowest BCUT2D eigenvalue weighted by atomic mass is 10.1. The Morgan fingerprint density at radius 2 is 1.71 bits per heavy atom. The molecule has 1 aromatic heterocycles. The van der Waals surface area contributed by atoms with Crippen LogP contribution in [-0.2, 0) is 0 Å². The van der Waals surface area contributed by atoms with E-state index in [1.165, 1.54) is 0 Å². The first-order valence-corrected chi connectivity index (χ1v) is 7.38. The second-order valence-corrected chi connectivity index (χ2v) is 5.69. The Hall–Kier alpha value is -1.83. The van der Waals surface area contributed by atoms with E-state index in [1.807, 2.05) is 43.3 Å². The topological polar surface area (TPSA) is 12.9 Å². The summed E-state index contributed by atoms with van der Waals surface area (Å²) in [7, 11) is 0. The van der Waals surface area contributed by atoms with Crippen molar-refractivity contribution in [1.82, 2.24) is 4.98 Å². The van der Waals surface area contributed by atoms with Crippen molar-refractivity contribution in [3.05, 3.63) is 75.4 Å². The number of hydrogen-bond donors (Lipinski definition) is 0. The molecule has 0 saturated heterocycles. The molecule has 0 saturated carbocycles. The lowest BCUT2D eigenvalue weighted by molar-refractivity contribution is 1.25. The minimum absolute atomic E-state index is 0.564. The van der Waals surface area contributed by atoms with Crippen LogP contribution in [0, 0.1) is 6.92 Å². The van der Waals surface area contributed by atoms with Gasteiger partial charge in [0.1, 0.15) is 0 Å². The molecule has 0 bridgehead atoms. The Morgan fingerprint density at radius 3 is 2.52 bits per heavy atom. The Morgan fingerprint density at radius 1 is 0.905 bits per heavy atom. The number of rotatable bonds is 2. The number of hydrogen-bond acceptors (Lipinski definition) is 1. The largest absolute Gasteiger partial charge is 0.253 e. The number of pyridine rings is 1. The molecule has 2 aromatic carbocycles. The van der Waals surface area contributed by atoms with E-state index in [1.54, 1.807) is 6.07 Å². The van der Waals surface area contributed by atoms with Crippen LogP contribution in [0.3, 0.4) is 0 Å². The van der Waals surface area contributed by atoms with E-state index >= 15 is 0 Å². The van der Waals surface area contributed by atoms with Gasteiger partial charge in [-0.25, -0.2) is 0 Å². The van der Waals surface area contributed by atoms with Crippen LogP contribution in [0.25, 0.3) is 23.1 Å². The molecule has 0 aliphatic rings. The fourth-order valence-electron chi connectivity index (χ4n) is 2.28. The summed E-state index contributed by atoms with van der Waals surface area (Å²) in [4.78, 5) is 4.54. The first-order chi connectivity index (χ1) is 10.1. The fourth-order valence-corrected chi connectivity index (χ4v) is 2.59. The van der Waals surface area contributed by atoms with Gasteiger partial charge in [-0.15, -0.1) is 0 Å². The highest BCUT2D eigenvalue weighted by Crippen LogP contribution is 2.25. The minimum atomic E-state index is 0.564. The van der Waals surface area contributed by atoms with Crippen molar-refractivity contribution < 1.29 is 0 Å². The maximum Gasteiger partial charge on any atom is 0.0711 e. The summed E-state index contributed by atoms with van der Waals surface area (Å²) >= 11 is 12.0. The summed E-state index contributed by atoms with van der Waals surface area (Å²) in [6.07, 6.45) is 4.11. The molecule has 0 N–H and O–H groups in total. The molecule has 104 valence electrons. The third-order valence-corrected chi connectivity index (χ3v) is 4.01. The summed E-state index contributed by atoms with van der Waals surface area (Å²) in [5, 5.41) is 2.27. The first kappa shape index (κ1) is 14.1. The Kier molecular flexibility index (Phi) is 3.96. The number of halogens is 2. The van der Waals surface area contributed by atoms with Crippen molar-refractivity contribution in [3.63, 3.8) is 0 Å². The van der Waals surface area contributed by atoms with Gasteiger partial charge in [-0.3, -0.25) is 4.98 Å². The summed E-state index contributed by atoms with van der Waals surface area (Å²) in [5.41, 5.74) is 4.17. The Bertz CT molecular complexity index is 838. The van der Waals surface area contributed by atoms with E-state index in [0.717, 1.165) is 27.7 Å². The molecule has 0 aliphatic heterocycles. The van der Waals surface area contributed by atoms with Gasteiger partial charge in [0.05, 0.1) is 15.6 Å². The predicted octanol–water partition coefficient (Wildman–Crippen LogP) is 6.02. The molecular formula is C18H13Cl2N. The first-order valence-electron chi connectivity index (χ1n) is 6.63. The normalized spacial score (nSPS) is 11.4. The average Bonchev–Trinajstić information content (AvgIpc) is 2.48. The van der Waals surface area contributed by atoms with Gasteiger partial charge in [0.15, 0.2) is 0 Å². The van der Waals surface area contributed by atoms with Gasteiger partial charge in [-0.1, -0.05) is 59.6 Å². The molecule has 1 heterocycles. The molecule has 21 heavy (non-hydrogen) atoms. The molecule has 3 rings (SSSR count). The number of benzene rings is 2. The molecule has 0 amide bonds. The number of aromatic nitrogens is 1. The molecule has 0 aliphatic carbocycles. The molecule has 3 heteroatoms. The Labute approximate surface area is 133 Å². The quantitative estimate of drug-likeness (QED) is 0.563. The van der Waals surface area contributed by atoms with Gasteiger partial charge in [0.2, 0.25) is 0 Å². The van der Waals surface area contributed by atoms with Crippen molar-refractivity contribution >= 4 is 46.3 Å². The molecule has 0 spiro atoms. The number of nitrogens with zero attached hydrogens (tertiary/aromatic N) is 1. The predicted molar refractivity (Wildman–Crippen MR) is 91.9 cm³/mol. The lowest BCUT2D eigenvalue weighted by Gasteiger charge is -2.04. The standard InChI is InChI=1S/C18H13Cl2N/c1-12-10-14(15-4-2-3-5-18(15)21-12)8-6-13-7-9-16(19)17(20)11-13/h2-11H,1H3/b8-6+. The van der Waals surface area contributed by atoms with Crippen LogP contribution in [0.5, 0.6) is 0 Å². The highest BCUT2D eigenvalue weighted by atomic mass is 35.5. The lowest BCUT2D eigenvalue weighted by Crippen LogP contribution is -1.86. The monoisotopic (exact) mass is 313 g/mol. The average molecular weight is 314 g/mol. The third-order valence-electron chi connectivity index (χ3n) is 3.28. The minimum Gasteiger partial charge on any atom is -0.253 e. The zero-order valence-electron chi connectivity index (χ0n) is 11.5. The van der Waals surface area contributed by atoms with Crippen LogP contribution < -0.4 is 0 Å². The molecule has 0 fully saturated rings. The van der Waals surface area contributed by atoms with Crippen molar-refractivity contribution in [1.29, 1.82) is 0 Å². The zero-order valence-corrected chi connectivity index (χ0v) is 13.0. The van der Waals surface area contributed by atoms with Gasteiger partial charge < -0.3 is 0 Å². The van der Waals surface area contributed by atoms with Crippen molar-refractivity contribution in [2.75, 3.05) is 0 Å². The number of aryl methyl sites for hydroxylation is 1. The number of fused-ring (bicyclic) bond motifs is 1. The maximum absolute atomic E-state index is 6.04. The number of para-hydroxylation sites is 1. The Balaban J connectivity index is 2.04. The van der Waals surface area contributed by atoms with E-state index in [2.05, 4.69) is 23.2 Å². The molecule has 0 unspecified atom stereocenters. The molecule has 0 atom stereocenters. The van der Waals surface area contributed by atoms with Gasteiger partial charge in [0.25, 0.3) is 0 Å². The van der Waals surface area contributed by atoms with Crippen molar-refractivity contribution in [2.24, 2.45) is 0 Å². The van der Waals surface area contributed by atoms with E-state index in [9.17, 15) is 0 Å². The van der Waals surface area contributed by atoms with Crippen molar-refractivity contribution in [2.45, 2.75) is 6.92 Å². The summed E-state index contributed by atoms with van der Waals surface area (Å²) < 4.78 is 0. The van der Waals surface area contributed by atoms with Crippen LogP contribution in [-0.4, -0.2) is 4.98 Å². The summed E-state index contributed by atoms with van der Waals surface area (Å²) in [5.74, 6) is 0. The van der Waals surface area contributed by atoms with Gasteiger partial charge in [-0.05, 0) is 42.3 Å².